The SMILES string of the molecule is CN(BC=O)Cc1nc2cc(Cl)c(F)cc2[nH]1. The molecule has 0 aliphatic carbocycles. The van der Waals surface area contributed by atoms with Crippen LogP contribution in [0.4, 0.5) is 4.39 Å². The highest BCUT2D eigenvalue weighted by Crippen LogP contribution is 2.21. The number of benzene rings is 1. The van der Waals surface area contributed by atoms with Crippen LogP contribution in [0.15, 0.2) is 12.1 Å². The number of H-pyrrole nitrogens is 1. The molecular weight excluding hydrogens is 243 g/mol. The maximum atomic E-state index is 13.2. The average Bonchev–Trinajstić information content (AvgIpc) is 2.60. The second-order valence-electron chi connectivity index (χ2n) is 3.83. The molecule has 0 radical (unpaired) electrons. The summed E-state index contributed by atoms with van der Waals surface area (Å²) in [6.07, 6.45) is 0.819. The summed E-state index contributed by atoms with van der Waals surface area (Å²) < 4.78 is 13.2. The van der Waals surface area contributed by atoms with Crippen LogP contribution in [0, 0.1) is 5.82 Å². The van der Waals surface area contributed by atoms with Crippen molar-refractivity contribution < 1.29 is 9.18 Å². The number of nitrogens with one attached hydrogen (secondary N) is 1. The molecule has 1 heterocycles. The van der Waals surface area contributed by atoms with Gasteiger partial charge in [-0.25, -0.2) is 9.37 Å². The van der Waals surface area contributed by atoms with E-state index in [0.29, 0.717) is 30.8 Å². The molecule has 1 N–H and O–H groups in total. The molecule has 0 amide bonds. The normalized spacial score (nSPS) is 11.1. The number of imidazole rings is 1. The zero-order valence-corrected chi connectivity index (χ0v) is 9.96. The van der Waals surface area contributed by atoms with E-state index >= 15 is 0 Å². The highest BCUT2D eigenvalue weighted by Gasteiger charge is 2.09. The molecule has 2 rings (SSSR count). The van der Waals surface area contributed by atoms with Crippen LogP contribution in [-0.2, 0) is 11.3 Å². The average molecular weight is 253 g/mol. The van der Waals surface area contributed by atoms with E-state index in [1.807, 2.05) is 0 Å². The van der Waals surface area contributed by atoms with Gasteiger partial charge in [-0.3, -0.25) is 0 Å². The van der Waals surface area contributed by atoms with E-state index < -0.39 is 5.82 Å². The Balaban J connectivity index is 2.28. The molecule has 2 aromatic rings. The van der Waals surface area contributed by atoms with Gasteiger partial charge in [-0.15, -0.1) is 0 Å². The predicted octanol–water partition coefficient (Wildman–Crippen LogP) is 1.33. The van der Waals surface area contributed by atoms with Crippen molar-refractivity contribution in [3.05, 3.63) is 28.8 Å². The molecule has 0 aliphatic rings. The van der Waals surface area contributed by atoms with Crippen LogP contribution in [0.25, 0.3) is 11.0 Å². The van der Waals surface area contributed by atoms with E-state index in [4.69, 9.17) is 11.6 Å². The zero-order valence-electron chi connectivity index (χ0n) is 9.20. The van der Waals surface area contributed by atoms with Crippen molar-refractivity contribution in [2.45, 2.75) is 6.54 Å². The van der Waals surface area contributed by atoms with E-state index in [9.17, 15) is 9.18 Å². The Labute approximate surface area is 103 Å². The number of hydrogen-bond donors (Lipinski definition) is 1. The number of halogens is 2. The Morgan fingerprint density at radius 3 is 3.12 bits per heavy atom. The molecule has 88 valence electrons. The summed E-state index contributed by atoms with van der Waals surface area (Å²) >= 11 is 5.67. The van der Waals surface area contributed by atoms with Gasteiger partial charge in [-0.2, -0.15) is 0 Å². The van der Waals surface area contributed by atoms with Crippen molar-refractivity contribution in [2.75, 3.05) is 7.05 Å². The quantitative estimate of drug-likeness (QED) is 0.660. The largest absolute Gasteiger partial charge is 0.341 e. The highest BCUT2D eigenvalue weighted by atomic mass is 35.5. The Kier molecular flexibility index (Phi) is 3.45. The fraction of sp³-hybridized carbons (Fsp3) is 0.200. The Bertz CT molecular complexity index is 521. The highest BCUT2D eigenvalue weighted by molar-refractivity contribution is 6.64. The Morgan fingerprint density at radius 1 is 1.65 bits per heavy atom. The second-order valence-corrected chi connectivity index (χ2v) is 4.24. The molecule has 1 aromatic heterocycles. The number of aromatic amines is 1. The number of carbonyl (C=O) groups is 1. The number of fused-ring (bicyclic) bond motifs is 1. The maximum absolute atomic E-state index is 13.2. The van der Waals surface area contributed by atoms with E-state index in [0.717, 1.165) is 6.19 Å². The third kappa shape index (κ3) is 2.65. The lowest BCUT2D eigenvalue weighted by Gasteiger charge is -2.08. The van der Waals surface area contributed by atoms with Crippen molar-refractivity contribution in [1.82, 2.24) is 14.8 Å². The molecule has 0 aliphatic heterocycles. The zero-order chi connectivity index (χ0) is 12.4. The van der Waals surface area contributed by atoms with Crippen LogP contribution in [0.1, 0.15) is 5.82 Å². The van der Waals surface area contributed by atoms with Gasteiger partial charge in [0.15, 0.2) is 0 Å². The third-order valence-corrected chi connectivity index (χ3v) is 2.67. The molecule has 0 bridgehead atoms. The minimum absolute atomic E-state index is 0.0526. The fourth-order valence-corrected chi connectivity index (χ4v) is 1.74. The van der Waals surface area contributed by atoms with Gasteiger partial charge in [0, 0.05) is 12.6 Å². The summed E-state index contributed by atoms with van der Waals surface area (Å²) in [5, 5.41) is 0.0526. The summed E-state index contributed by atoms with van der Waals surface area (Å²) in [6.45, 7) is 0.493. The van der Waals surface area contributed by atoms with Crippen molar-refractivity contribution >= 4 is 36.2 Å². The first kappa shape index (κ1) is 12.1. The van der Waals surface area contributed by atoms with Crippen molar-refractivity contribution in [2.24, 2.45) is 0 Å². The number of rotatable bonds is 4. The van der Waals surface area contributed by atoms with Crippen molar-refractivity contribution in [1.29, 1.82) is 0 Å². The van der Waals surface area contributed by atoms with Gasteiger partial charge >= 0.3 is 0 Å². The topological polar surface area (TPSA) is 49.0 Å². The Morgan fingerprint density at radius 2 is 2.41 bits per heavy atom. The summed E-state index contributed by atoms with van der Waals surface area (Å²) in [5.74, 6) is 0.196. The lowest BCUT2D eigenvalue weighted by Crippen LogP contribution is -2.24. The molecule has 4 nitrogen and oxygen atoms in total. The first-order valence-electron chi connectivity index (χ1n) is 5.06. The van der Waals surface area contributed by atoms with Crippen molar-refractivity contribution in [3.63, 3.8) is 0 Å². The van der Waals surface area contributed by atoms with E-state index in [2.05, 4.69) is 9.97 Å². The summed E-state index contributed by atoms with van der Waals surface area (Å²) in [6, 6.07) is 2.79. The van der Waals surface area contributed by atoms with Crippen LogP contribution in [0.3, 0.4) is 0 Å². The van der Waals surface area contributed by atoms with Gasteiger partial charge in [0.2, 0.25) is 0 Å². The predicted molar refractivity (Wildman–Crippen MR) is 66.4 cm³/mol. The van der Waals surface area contributed by atoms with Gasteiger partial charge in [0.05, 0.1) is 22.2 Å². The molecule has 0 fully saturated rings. The summed E-state index contributed by atoms with van der Waals surface area (Å²) in [7, 11) is 2.13. The monoisotopic (exact) mass is 253 g/mol. The maximum Gasteiger partial charge on any atom is 0.281 e. The smallest absolute Gasteiger partial charge is 0.281 e. The van der Waals surface area contributed by atoms with E-state index in [1.165, 1.54) is 12.1 Å². The van der Waals surface area contributed by atoms with Gasteiger partial charge < -0.3 is 14.6 Å². The fourth-order valence-electron chi connectivity index (χ4n) is 1.58. The Hall–Kier alpha value is -1.40. The first-order valence-corrected chi connectivity index (χ1v) is 5.44. The second kappa shape index (κ2) is 4.85. The molecule has 1 aromatic carbocycles. The molecule has 0 atom stereocenters. The third-order valence-electron chi connectivity index (χ3n) is 2.38. The molecule has 0 spiro atoms. The molecule has 0 saturated carbocycles. The molecular formula is C10H10BClFN3O. The van der Waals surface area contributed by atoms with Crippen LogP contribution in [0.5, 0.6) is 0 Å². The van der Waals surface area contributed by atoms with Crippen LogP contribution < -0.4 is 0 Å². The molecule has 0 unspecified atom stereocenters. The van der Waals surface area contributed by atoms with Gasteiger partial charge in [-0.1, -0.05) is 11.6 Å². The van der Waals surface area contributed by atoms with E-state index in [1.54, 1.807) is 11.9 Å². The number of carbonyl (C=O) groups excluding carboxylic acids is 1. The molecule has 7 heteroatoms. The van der Waals surface area contributed by atoms with Gasteiger partial charge in [-0.05, 0) is 13.1 Å². The lowest BCUT2D eigenvalue weighted by molar-refractivity contribution is 0.513. The van der Waals surface area contributed by atoms with Gasteiger partial charge in [0.1, 0.15) is 11.6 Å². The van der Waals surface area contributed by atoms with Crippen LogP contribution in [0.2, 0.25) is 5.02 Å². The molecule has 17 heavy (non-hydrogen) atoms. The number of nitrogens with zero attached hydrogens (tertiary/aromatic N) is 2. The first-order chi connectivity index (χ1) is 8.10. The minimum atomic E-state index is -0.476. The summed E-state index contributed by atoms with van der Waals surface area (Å²) in [5.41, 5.74) is 1.22. The van der Waals surface area contributed by atoms with Crippen molar-refractivity contribution in [3.8, 4) is 0 Å². The lowest BCUT2D eigenvalue weighted by atomic mass is 9.96. The summed E-state index contributed by atoms with van der Waals surface area (Å²) in [4.78, 5) is 19.4. The number of aromatic nitrogens is 2. The standard InChI is InChI=1S/C10H10BClFN3O/c1-16(11-5-17)4-10-14-8-2-6(12)7(13)3-9(8)15-10/h2-3,5,11H,4H2,1H3,(H,14,15). The van der Waals surface area contributed by atoms with Crippen LogP contribution >= 0.6 is 11.6 Å². The minimum Gasteiger partial charge on any atom is -0.341 e. The van der Waals surface area contributed by atoms with Gasteiger partial charge in [0.25, 0.3) is 7.41 Å². The number of hydrogen-bond acceptors (Lipinski definition) is 3. The molecule has 0 saturated heterocycles. The van der Waals surface area contributed by atoms with E-state index in [-0.39, 0.29) is 5.02 Å². The van der Waals surface area contributed by atoms with Crippen LogP contribution in [-0.4, -0.2) is 35.4 Å².